The largest absolute Gasteiger partial charge is 0.381 e. The van der Waals surface area contributed by atoms with Crippen LogP contribution in [-0.2, 0) is 19.6 Å². The maximum Gasteiger partial charge on any atom is 0.232 e. The molecule has 0 aliphatic carbocycles. The molecule has 2 rings (SSSR count). The third kappa shape index (κ3) is 4.18. The highest BCUT2D eigenvalue weighted by Crippen LogP contribution is 2.27. The Morgan fingerprint density at radius 2 is 1.81 bits per heavy atom. The summed E-state index contributed by atoms with van der Waals surface area (Å²) < 4.78 is 31.0. The Balaban J connectivity index is 2.26. The predicted octanol–water partition coefficient (Wildman–Crippen LogP) is 1.59. The summed E-state index contributed by atoms with van der Waals surface area (Å²) in [6, 6.07) is 6.74. The van der Waals surface area contributed by atoms with Gasteiger partial charge in [-0.1, -0.05) is 0 Å². The van der Waals surface area contributed by atoms with Crippen LogP contribution in [0.2, 0.25) is 0 Å². The summed E-state index contributed by atoms with van der Waals surface area (Å²) in [5, 5.41) is 2.66. The fourth-order valence-corrected chi connectivity index (χ4v) is 3.74. The monoisotopic (exact) mass is 312 g/mol. The molecule has 0 bridgehead atoms. The Morgan fingerprint density at radius 1 is 1.24 bits per heavy atom. The van der Waals surface area contributed by atoms with Crippen molar-refractivity contribution in [3.05, 3.63) is 24.3 Å². The lowest BCUT2D eigenvalue weighted by Gasteiger charge is -2.34. The van der Waals surface area contributed by atoms with Gasteiger partial charge >= 0.3 is 0 Å². The second kappa shape index (κ2) is 6.44. The zero-order valence-corrected chi connectivity index (χ0v) is 13.0. The van der Waals surface area contributed by atoms with E-state index in [9.17, 15) is 13.2 Å². The molecule has 0 unspecified atom stereocenters. The van der Waals surface area contributed by atoms with Crippen molar-refractivity contribution in [2.45, 2.75) is 25.8 Å². The van der Waals surface area contributed by atoms with E-state index in [4.69, 9.17) is 4.74 Å². The van der Waals surface area contributed by atoms with Gasteiger partial charge in [0.05, 0.1) is 11.9 Å². The van der Waals surface area contributed by atoms with Crippen LogP contribution in [0.25, 0.3) is 0 Å². The number of rotatable bonds is 4. The lowest BCUT2D eigenvalue weighted by molar-refractivity contribution is -0.114. The first-order valence-corrected chi connectivity index (χ1v) is 8.67. The fraction of sp³-hybridized carbons (Fsp3) is 0.500. The van der Waals surface area contributed by atoms with Crippen LogP contribution in [0.1, 0.15) is 19.8 Å². The Hall–Kier alpha value is -1.60. The molecule has 1 saturated heterocycles. The Morgan fingerprint density at radius 3 is 2.29 bits per heavy atom. The van der Waals surface area contributed by atoms with Gasteiger partial charge in [-0.25, -0.2) is 8.42 Å². The first-order chi connectivity index (χ1) is 9.88. The predicted molar refractivity (Wildman–Crippen MR) is 81.9 cm³/mol. The first-order valence-electron chi connectivity index (χ1n) is 6.83. The molecule has 7 heteroatoms. The lowest BCUT2D eigenvalue weighted by Crippen LogP contribution is -2.43. The standard InChI is InChI=1S/C14H20N2O4S/c1-11(17)15-12-3-5-13(6-4-12)16(21(2,18)19)14-7-9-20-10-8-14/h3-6,14H,7-10H2,1-2H3,(H,15,17). The van der Waals surface area contributed by atoms with Crippen LogP contribution in [0.3, 0.4) is 0 Å². The molecule has 1 aliphatic rings. The molecule has 0 saturated carbocycles. The molecule has 0 spiro atoms. The summed E-state index contributed by atoms with van der Waals surface area (Å²) in [4.78, 5) is 11.0. The molecule has 0 radical (unpaired) electrons. The smallest absolute Gasteiger partial charge is 0.232 e. The number of nitrogens with one attached hydrogen (secondary N) is 1. The van der Waals surface area contributed by atoms with Gasteiger partial charge < -0.3 is 10.1 Å². The van der Waals surface area contributed by atoms with E-state index in [0.717, 1.165) is 0 Å². The van der Waals surface area contributed by atoms with Crippen LogP contribution in [0.5, 0.6) is 0 Å². The van der Waals surface area contributed by atoms with Crippen molar-refractivity contribution in [1.29, 1.82) is 0 Å². The molecule has 1 aliphatic heterocycles. The third-order valence-corrected chi connectivity index (χ3v) is 4.55. The summed E-state index contributed by atoms with van der Waals surface area (Å²) in [5.74, 6) is -0.160. The maximum atomic E-state index is 12.1. The van der Waals surface area contributed by atoms with E-state index in [-0.39, 0.29) is 11.9 Å². The number of carbonyl (C=O) groups excluding carboxylic acids is 1. The summed E-state index contributed by atoms with van der Waals surface area (Å²) in [6.45, 7) is 2.57. The minimum Gasteiger partial charge on any atom is -0.381 e. The van der Waals surface area contributed by atoms with Crippen LogP contribution < -0.4 is 9.62 Å². The molecule has 1 fully saturated rings. The van der Waals surface area contributed by atoms with Gasteiger partial charge in [-0.2, -0.15) is 0 Å². The van der Waals surface area contributed by atoms with Gasteiger partial charge in [-0.3, -0.25) is 9.10 Å². The average molecular weight is 312 g/mol. The average Bonchev–Trinajstić information content (AvgIpc) is 2.40. The second-order valence-corrected chi connectivity index (χ2v) is 6.99. The van der Waals surface area contributed by atoms with Crippen LogP contribution in [-0.4, -0.2) is 39.8 Å². The highest BCUT2D eigenvalue weighted by molar-refractivity contribution is 7.92. The molecular weight excluding hydrogens is 292 g/mol. The van der Waals surface area contributed by atoms with Crippen LogP contribution >= 0.6 is 0 Å². The molecule has 0 atom stereocenters. The number of hydrogen-bond acceptors (Lipinski definition) is 4. The van der Waals surface area contributed by atoms with Gasteiger partial charge in [0.2, 0.25) is 15.9 Å². The van der Waals surface area contributed by atoms with Crippen molar-refractivity contribution in [3.8, 4) is 0 Å². The van der Waals surface area contributed by atoms with Gasteiger partial charge in [0, 0.05) is 31.9 Å². The number of anilines is 2. The van der Waals surface area contributed by atoms with Crippen molar-refractivity contribution in [3.63, 3.8) is 0 Å². The molecule has 1 N–H and O–H groups in total. The van der Waals surface area contributed by atoms with E-state index in [1.54, 1.807) is 24.3 Å². The van der Waals surface area contributed by atoms with Crippen molar-refractivity contribution in [1.82, 2.24) is 0 Å². The Labute approximate surface area is 125 Å². The molecule has 21 heavy (non-hydrogen) atoms. The topological polar surface area (TPSA) is 75.7 Å². The van der Waals surface area contributed by atoms with Crippen LogP contribution in [0, 0.1) is 0 Å². The molecule has 6 nitrogen and oxygen atoms in total. The Bertz CT molecular complexity index is 592. The molecule has 1 aromatic rings. The van der Waals surface area contributed by atoms with Crippen LogP contribution in [0.15, 0.2) is 24.3 Å². The first kappa shape index (κ1) is 15.8. The zero-order valence-electron chi connectivity index (χ0n) is 12.2. The molecule has 1 heterocycles. The van der Waals surface area contributed by atoms with E-state index < -0.39 is 10.0 Å². The minimum absolute atomic E-state index is 0.0830. The van der Waals surface area contributed by atoms with E-state index in [1.165, 1.54) is 17.5 Å². The van der Waals surface area contributed by atoms with Crippen molar-refractivity contribution in [2.24, 2.45) is 0 Å². The molecular formula is C14H20N2O4S. The number of benzene rings is 1. The van der Waals surface area contributed by atoms with Gasteiger partial charge in [-0.15, -0.1) is 0 Å². The quantitative estimate of drug-likeness (QED) is 0.916. The number of amides is 1. The molecule has 116 valence electrons. The number of ether oxygens (including phenoxy) is 1. The van der Waals surface area contributed by atoms with Crippen molar-refractivity contribution < 1.29 is 17.9 Å². The summed E-state index contributed by atoms with van der Waals surface area (Å²) in [5.41, 5.74) is 1.25. The number of carbonyl (C=O) groups is 1. The molecule has 0 aromatic heterocycles. The summed E-state index contributed by atoms with van der Waals surface area (Å²) >= 11 is 0. The normalized spacial score (nSPS) is 16.5. The molecule has 1 aromatic carbocycles. The highest BCUT2D eigenvalue weighted by atomic mass is 32.2. The highest BCUT2D eigenvalue weighted by Gasteiger charge is 2.28. The van der Waals surface area contributed by atoms with Gasteiger partial charge in [0.15, 0.2) is 0 Å². The minimum atomic E-state index is -3.36. The van der Waals surface area contributed by atoms with E-state index in [1.807, 2.05) is 0 Å². The van der Waals surface area contributed by atoms with E-state index in [0.29, 0.717) is 37.4 Å². The number of sulfonamides is 1. The van der Waals surface area contributed by atoms with Gasteiger partial charge in [0.25, 0.3) is 0 Å². The maximum absolute atomic E-state index is 12.1. The number of hydrogen-bond donors (Lipinski definition) is 1. The SMILES string of the molecule is CC(=O)Nc1ccc(N(C2CCOCC2)S(C)(=O)=O)cc1. The van der Waals surface area contributed by atoms with E-state index >= 15 is 0 Å². The second-order valence-electron chi connectivity index (χ2n) is 5.13. The molecule has 1 amide bonds. The van der Waals surface area contributed by atoms with Crippen molar-refractivity contribution in [2.75, 3.05) is 29.1 Å². The summed E-state index contributed by atoms with van der Waals surface area (Å²) in [7, 11) is -3.36. The van der Waals surface area contributed by atoms with Crippen LogP contribution in [0.4, 0.5) is 11.4 Å². The summed E-state index contributed by atoms with van der Waals surface area (Å²) in [6.07, 6.45) is 2.57. The number of nitrogens with zero attached hydrogens (tertiary/aromatic N) is 1. The zero-order chi connectivity index (χ0) is 15.5. The third-order valence-electron chi connectivity index (χ3n) is 3.32. The lowest BCUT2D eigenvalue weighted by atomic mass is 10.1. The van der Waals surface area contributed by atoms with Crippen molar-refractivity contribution >= 4 is 27.3 Å². The van der Waals surface area contributed by atoms with E-state index in [2.05, 4.69) is 5.32 Å². The Kier molecular flexibility index (Phi) is 4.84. The van der Waals surface area contributed by atoms with Gasteiger partial charge in [-0.05, 0) is 37.1 Å². The van der Waals surface area contributed by atoms with Gasteiger partial charge in [0.1, 0.15) is 0 Å². The fourth-order valence-electron chi connectivity index (χ4n) is 2.49.